The fraction of sp³-hybridized carbons (Fsp3) is 0.238. The van der Waals surface area contributed by atoms with Gasteiger partial charge >= 0.3 is 5.97 Å². The lowest BCUT2D eigenvalue weighted by molar-refractivity contribution is 0.0473. The molecule has 0 saturated heterocycles. The van der Waals surface area contributed by atoms with Crippen LogP contribution in [0.3, 0.4) is 0 Å². The van der Waals surface area contributed by atoms with Crippen LogP contribution in [-0.2, 0) is 17.6 Å². The van der Waals surface area contributed by atoms with Crippen LogP contribution < -0.4 is 0 Å². The van der Waals surface area contributed by atoms with E-state index in [1.165, 1.54) is 11.3 Å². The van der Waals surface area contributed by atoms with Gasteiger partial charge in [-0.15, -0.1) is 0 Å². The van der Waals surface area contributed by atoms with Gasteiger partial charge in [0, 0.05) is 16.6 Å². The van der Waals surface area contributed by atoms with Crippen LogP contribution in [0.2, 0.25) is 0 Å². The first-order chi connectivity index (χ1) is 13.0. The van der Waals surface area contributed by atoms with Gasteiger partial charge in [-0.1, -0.05) is 0 Å². The number of esters is 1. The smallest absolute Gasteiger partial charge is 0.338 e. The van der Waals surface area contributed by atoms with Crippen molar-refractivity contribution in [1.29, 1.82) is 0 Å². The monoisotopic (exact) mass is 369 g/mol. The summed E-state index contributed by atoms with van der Waals surface area (Å²) in [6, 6.07) is 7.78. The fourth-order valence-electron chi connectivity index (χ4n) is 3.54. The van der Waals surface area contributed by atoms with Crippen LogP contribution in [0.4, 0.5) is 8.78 Å². The number of H-pyrrole nitrogens is 1. The Kier molecular flexibility index (Phi) is 4.48. The number of nitrogens with one attached hydrogen (secondary N) is 1. The minimum absolute atomic E-state index is 0.322. The number of Topliss-reactive ketones (excluding diaryl/α,β-unsaturated/α-hetero) is 1. The van der Waals surface area contributed by atoms with Gasteiger partial charge in [0.05, 0.1) is 11.1 Å². The first-order valence-corrected chi connectivity index (χ1v) is 8.82. The molecule has 0 bridgehead atoms. The van der Waals surface area contributed by atoms with Crippen molar-refractivity contribution >= 4 is 22.7 Å². The van der Waals surface area contributed by atoms with E-state index in [1.54, 1.807) is 12.1 Å². The van der Waals surface area contributed by atoms with Gasteiger partial charge < -0.3 is 9.72 Å². The average Bonchev–Trinajstić information content (AvgIpc) is 3.05. The lowest BCUT2D eigenvalue weighted by atomic mass is 9.95. The molecule has 0 unspecified atom stereocenters. The molecule has 1 aliphatic carbocycles. The number of hydrogen-bond acceptors (Lipinski definition) is 3. The van der Waals surface area contributed by atoms with Gasteiger partial charge in [-0.3, -0.25) is 4.79 Å². The van der Waals surface area contributed by atoms with Crippen molar-refractivity contribution in [3.05, 3.63) is 70.4 Å². The minimum atomic E-state index is -0.849. The topological polar surface area (TPSA) is 59.2 Å². The number of benzene rings is 2. The second-order valence-corrected chi connectivity index (χ2v) is 6.67. The molecule has 27 heavy (non-hydrogen) atoms. The SMILES string of the molecule is O=C(OCC(=O)c1cc(F)ccc1F)c1ccc2[nH]c3c(c2c1)CCCC3. The molecule has 6 heteroatoms. The molecule has 2 aromatic carbocycles. The third kappa shape index (κ3) is 3.35. The van der Waals surface area contributed by atoms with E-state index < -0.39 is 35.6 Å². The maximum atomic E-state index is 13.6. The standard InChI is InChI=1S/C21H17F2NO3/c22-13-6-7-17(23)16(10-13)20(25)11-27-21(26)12-5-8-19-15(9-12)14-3-1-2-4-18(14)24-19/h5-10,24H,1-4,11H2. The molecule has 1 aliphatic rings. The summed E-state index contributed by atoms with van der Waals surface area (Å²) in [6.45, 7) is -0.650. The van der Waals surface area contributed by atoms with E-state index in [2.05, 4.69) is 4.98 Å². The number of hydrogen-bond donors (Lipinski definition) is 1. The quantitative estimate of drug-likeness (QED) is 0.549. The van der Waals surface area contributed by atoms with Gasteiger partial charge in [0.1, 0.15) is 11.6 Å². The Bertz CT molecular complexity index is 1060. The highest BCUT2D eigenvalue weighted by molar-refractivity contribution is 6.00. The molecule has 1 N–H and O–H groups in total. The van der Waals surface area contributed by atoms with E-state index in [9.17, 15) is 18.4 Å². The van der Waals surface area contributed by atoms with Crippen molar-refractivity contribution in [2.75, 3.05) is 6.61 Å². The van der Waals surface area contributed by atoms with Crippen LogP contribution in [0.15, 0.2) is 36.4 Å². The number of carbonyl (C=O) groups excluding carboxylic acids is 2. The van der Waals surface area contributed by atoms with E-state index in [1.807, 2.05) is 6.07 Å². The first-order valence-electron chi connectivity index (χ1n) is 8.82. The summed E-state index contributed by atoms with van der Waals surface area (Å²) in [7, 11) is 0. The van der Waals surface area contributed by atoms with Crippen LogP contribution in [0, 0.1) is 11.6 Å². The second-order valence-electron chi connectivity index (χ2n) is 6.67. The molecule has 0 fully saturated rings. The number of halogens is 2. The molecule has 0 atom stereocenters. The normalized spacial score (nSPS) is 13.4. The zero-order valence-corrected chi connectivity index (χ0v) is 14.5. The summed E-state index contributed by atoms with van der Waals surface area (Å²) >= 11 is 0. The number of fused-ring (bicyclic) bond motifs is 3. The summed E-state index contributed by atoms with van der Waals surface area (Å²) in [5.41, 5.74) is 3.29. The highest BCUT2D eigenvalue weighted by Crippen LogP contribution is 2.29. The molecule has 138 valence electrons. The third-order valence-electron chi connectivity index (χ3n) is 4.90. The predicted molar refractivity (Wildman–Crippen MR) is 95.9 cm³/mol. The summed E-state index contributed by atoms with van der Waals surface area (Å²) < 4.78 is 31.9. The molecule has 3 aromatic rings. The molecule has 0 saturated carbocycles. The molecule has 4 rings (SSSR count). The Morgan fingerprint density at radius 2 is 1.85 bits per heavy atom. The summed E-state index contributed by atoms with van der Waals surface area (Å²) in [6.07, 6.45) is 4.22. The maximum Gasteiger partial charge on any atom is 0.338 e. The van der Waals surface area contributed by atoms with Gasteiger partial charge in [0.25, 0.3) is 0 Å². The molecule has 1 aromatic heterocycles. The van der Waals surface area contributed by atoms with Crippen LogP contribution >= 0.6 is 0 Å². The van der Waals surface area contributed by atoms with E-state index in [0.29, 0.717) is 5.56 Å². The number of aryl methyl sites for hydroxylation is 2. The molecule has 0 radical (unpaired) electrons. The van der Waals surface area contributed by atoms with E-state index in [-0.39, 0.29) is 0 Å². The number of ether oxygens (including phenoxy) is 1. The maximum absolute atomic E-state index is 13.6. The largest absolute Gasteiger partial charge is 0.454 e. The summed E-state index contributed by atoms with van der Waals surface area (Å²) in [4.78, 5) is 27.7. The Morgan fingerprint density at radius 3 is 2.70 bits per heavy atom. The second kappa shape index (κ2) is 6.95. The van der Waals surface area contributed by atoms with E-state index in [4.69, 9.17) is 4.74 Å². The highest BCUT2D eigenvalue weighted by Gasteiger charge is 2.19. The van der Waals surface area contributed by atoms with Crippen LogP contribution in [0.1, 0.15) is 44.8 Å². The number of rotatable bonds is 4. The molecular formula is C21H17F2NO3. The molecule has 4 nitrogen and oxygen atoms in total. The van der Waals surface area contributed by atoms with Crippen molar-refractivity contribution < 1.29 is 23.1 Å². The van der Waals surface area contributed by atoms with Gasteiger partial charge in [0.15, 0.2) is 6.61 Å². The molecule has 1 heterocycles. The highest BCUT2D eigenvalue weighted by atomic mass is 19.1. The predicted octanol–water partition coefficient (Wildman–Crippen LogP) is 4.36. The zero-order valence-electron chi connectivity index (χ0n) is 14.5. The van der Waals surface area contributed by atoms with E-state index in [0.717, 1.165) is 54.8 Å². The van der Waals surface area contributed by atoms with Gasteiger partial charge in [-0.25, -0.2) is 13.6 Å². The van der Waals surface area contributed by atoms with Crippen molar-refractivity contribution in [2.45, 2.75) is 25.7 Å². The fourth-order valence-corrected chi connectivity index (χ4v) is 3.54. The number of carbonyl (C=O) groups is 2. The lowest BCUT2D eigenvalue weighted by Crippen LogP contribution is -2.15. The first kappa shape index (κ1) is 17.4. The van der Waals surface area contributed by atoms with Gasteiger partial charge in [-0.2, -0.15) is 0 Å². The average molecular weight is 369 g/mol. The van der Waals surface area contributed by atoms with Crippen molar-refractivity contribution in [3.63, 3.8) is 0 Å². The number of aromatic amines is 1. The van der Waals surface area contributed by atoms with Crippen LogP contribution in [0.25, 0.3) is 10.9 Å². The number of aromatic nitrogens is 1. The summed E-state index contributed by atoms with van der Waals surface area (Å²) in [5, 5.41) is 0.988. The Morgan fingerprint density at radius 1 is 1.04 bits per heavy atom. The number of ketones is 1. The molecular weight excluding hydrogens is 352 g/mol. The lowest BCUT2D eigenvalue weighted by Gasteiger charge is -2.10. The molecule has 0 amide bonds. The van der Waals surface area contributed by atoms with Crippen molar-refractivity contribution in [3.8, 4) is 0 Å². The van der Waals surface area contributed by atoms with Gasteiger partial charge in [-0.05, 0) is 67.6 Å². The zero-order chi connectivity index (χ0) is 19.0. The van der Waals surface area contributed by atoms with Crippen LogP contribution in [0.5, 0.6) is 0 Å². The molecule has 0 spiro atoms. The van der Waals surface area contributed by atoms with Gasteiger partial charge in [0.2, 0.25) is 5.78 Å². The Hall–Kier alpha value is -3.02. The van der Waals surface area contributed by atoms with E-state index >= 15 is 0 Å². The summed E-state index contributed by atoms with van der Waals surface area (Å²) in [5.74, 6) is -3.04. The molecule has 0 aliphatic heterocycles. The van der Waals surface area contributed by atoms with Crippen molar-refractivity contribution in [1.82, 2.24) is 4.98 Å². The van der Waals surface area contributed by atoms with Crippen LogP contribution in [-0.4, -0.2) is 23.3 Å². The Labute approximate surface area is 154 Å². The Balaban J connectivity index is 1.51. The third-order valence-corrected chi connectivity index (χ3v) is 4.90. The minimum Gasteiger partial charge on any atom is -0.454 e. The van der Waals surface area contributed by atoms with Crippen molar-refractivity contribution in [2.24, 2.45) is 0 Å².